The molecular formula is C18H24N2O4. The molecule has 2 aromatic rings. The third-order valence-corrected chi connectivity index (χ3v) is 3.02. The Morgan fingerprint density at radius 3 is 2.00 bits per heavy atom. The highest BCUT2D eigenvalue weighted by Crippen LogP contribution is 2.13. The zero-order valence-corrected chi connectivity index (χ0v) is 14.1. The van der Waals surface area contributed by atoms with Gasteiger partial charge in [0.25, 0.3) is 5.69 Å². The largest absolute Gasteiger partial charge is 0.399 e. The summed E-state index contributed by atoms with van der Waals surface area (Å²) in [7, 11) is 0. The zero-order chi connectivity index (χ0) is 17.8. The van der Waals surface area contributed by atoms with Gasteiger partial charge in [-0.1, -0.05) is 24.3 Å². The number of non-ortho nitro benzene ring substituents is 1. The number of nitrogens with zero attached hydrogens (tertiary/aromatic N) is 1. The molecule has 0 spiro atoms. The highest BCUT2D eigenvalue weighted by Gasteiger charge is 2.04. The third kappa shape index (κ3) is 7.71. The van der Waals surface area contributed by atoms with Crippen molar-refractivity contribution in [3.63, 3.8) is 0 Å². The van der Waals surface area contributed by atoms with Crippen LogP contribution in [0.3, 0.4) is 0 Å². The monoisotopic (exact) mass is 332 g/mol. The third-order valence-electron chi connectivity index (χ3n) is 3.02. The predicted octanol–water partition coefficient (Wildman–Crippen LogP) is 3.94. The van der Waals surface area contributed by atoms with Crippen molar-refractivity contribution in [3.8, 4) is 0 Å². The highest BCUT2D eigenvalue weighted by atomic mass is 16.6. The van der Waals surface area contributed by atoms with E-state index in [4.69, 9.17) is 15.2 Å². The van der Waals surface area contributed by atoms with Gasteiger partial charge in [-0.2, -0.15) is 0 Å². The molecule has 0 aliphatic carbocycles. The van der Waals surface area contributed by atoms with Crippen molar-refractivity contribution in [2.45, 2.75) is 27.1 Å². The van der Waals surface area contributed by atoms with Crippen molar-refractivity contribution in [3.05, 3.63) is 69.8 Å². The van der Waals surface area contributed by atoms with Gasteiger partial charge in [-0.05, 0) is 37.1 Å². The summed E-state index contributed by atoms with van der Waals surface area (Å²) in [6, 6.07) is 14.2. The zero-order valence-electron chi connectivity index (χ0n) is 14.1. The quantitative estimate of drug-likeness (QED) is 0.471. The van der Waals surface area contributed by atoms with Gasteiger partial charge in [-0.25, -0.2) is 0 Å². The smallest absolute Gasteiger partial charge is 0.269 e. The second-order valence-corrected chi connectivity index (χ2v) is 4.95. The first kappa shape index (κ1) is 19.6. The molecule has 0 radical (unpaired) electrons. The van der Waals surface area contributed by atoms with E-state index >= 15 is 0 Å². The molecule has 0 fully saturated rings. The molecule has 0 amide bonds. The number of anilines is 1. The van der Waals surface area contributed by atoms with Crippen molar-refractivity contribution < 1.29 is 14.4 Å². The lowest BCUT2D eigenvalue weighted by molar-refractivity contribution is -0.384. The van der Waals surface area contributed by atoms with Crippen LogP contribution < -0.4 is 5.73 Å². The summed E-state index contributed by atoms with van der Waals surface area (Å²) in [4.78, 5) is 9.98. The van der Waals surface area contributed by atoms with Gasteiger partial charge in [0.05, 0.1) is 18.1 Å². The van der Waals surface area contributed by atoms with Crippen molar-refractivity contribution in [2.24, 2.45) is 0 Å². The number of benzene rings is 2. The number of nitro groups is 1. The van der Waals surface area contributed by atoms with Crippen LogP contribution in [0.5, 0.6) is 0 Å². The van der Waals surface area contributed by atoms with E-state index in [0.29, 0.717) is 19.8 Å². The Hall–Kier alpha value is -2.44. The van der Waals surface area contributed by atoms with Crippen LogP contribution in [0.25, 0.3) is 0 Å². The number of nitrogens with two attached hydrogens (primary N) is 1. The Morgan fingerprint density at radius 2 is 1.50 bits per heavy atom. The molecule has 0 bridgehead atoms. The molecule has 0 aliphatic heterocycles. The lowest BCUT2D eigenvalue weighted by atomic mass is 10.2. The van der Waals surface area contributed by atoms with Crippen molar-refractivity contribution in [1.29, 1.82) is 0 Å². The van der Waals surface area contributed by atoms with E-state index in [1.807, 2.05) is 44.2 Å². The van der Waals surface area contributed by atoms with E-state index < -0.39 is 4.92 Å². The first-order chi connectivity index (χ1) is 11.6. The number of ether oxygens (including phenoxy) is 2. The van der Waals surface area contributed by atoms with Gasteiger partial charge < -0.3 is 15.2 Å². The van der Waals surface area contributed by atoms with Gasteiger partial charge in [0.15, 0.2) is 0 Å². The molecule has 0 saturated carbocycles. The number of hydrogen-bond acceptors (Lipinski definition) is 5. The fourth-order valence-electron chi connectivity index (χ4n) is 1.88. The van der Waals surface area contributed by atoms with Gasteiger partial charge in [-0.3, -0.25) is 10.1 Å². The van der Waals surface area contributed by atoms with Crippen molar-refractivity contribution in [1.82, 2.24) is 0 Å². The Kier molecular flexibility index (Phi) is 9.11. The first-order valence-corrected chi connectivity index (χ1v) is 7.80. The van der Waals surface area contributed by atoms with Crippen LogP contribution in [0.1, 0.15) is 25.0 Å². The predicted molar refractivity (Wildman–Crippen MR) is 94.6 cm³/mol. The Labute approximate surface area is 142 Å². The summed E-state index contributed by atoms with van der Waals surface area (Å²) in [5.74, 6) is 0. The maximum absolute atomic E-state index is 10.4. The minimum Gasteiger partial charge on any atom is -0.399 e. The molecule has 0 aromatic heterocycles. The van der Waals surface area contributed by atoms with Crippen LogP contribution in [-0.4, -0.2) is 18.1 Å². The molecule has 0 heterocycles. The van der Waals surface area contributed by atoms with Crippen LogP contribution in [0, 0.1) is 10.1 Å². The summed E-state index contributed by atoms with van der Waals surface area (Å²) in [5, 5.41) is 10.4. The van der Waals surface area contributed by atoms with Crippen molar-refractivity contribution in [2.75, 3.05) is 18.9 Å². The molecule has 130 valence electrons. The Morgan fingerprint density at radius 1 is 0.958 bits per heavy atom. The average molecular weight is 332 g/mol. The molecule has 0 atom stereocenters. The molecule has 0 aliphatic rings. The van der Waals surface area contributed by atoms with Gasteiger partial charge in [-0.15, -0.1) is 0 Å². The summed E-state index contributed by atoms with van der Waals surface area (Å²) >= 11 is 0. The van der Waals surface area contributed by atoms with E-state index in [1.165, 1.54) is 12.1 Å². The van der Waals surface area contributed by atoms with Crippen LogP contribution in [0.15, 0.2) is 48.5 Å². The van der Waals surface area contributed by atoms with E-state index in [2.05, 4.69) is 0 Å². The van der Waals surface area contributed by atoms with Gasteiger partial charge in [0.1, 0.15) is 0 Å². The van der Waals surface area contributed by atoms with Gasteiger partial charge in [0.2, 0.25) is 0 Å². The molecule has 6 heteroatoms. The molecular weight excluding hydrogens is 308 g/mol. The van der Waals surface area contributed by atoms with E-state index in [9.17, 15) is 10.1 Å². The molecule has 0 saturated heterocycles. The van der Waals surface area contributed by atoms with E-state index in [1.54, 1.807) is 6.07 Å². The number of nitro benzene ring substituents is 1. The first-order valence-electron chi connectivity index (χ1n) is 7.80. The average Bonchev–Trinajstić information content (AvgIpc) is 2.59. The van der Waals surface area contributed by atoms with E-state index in [-0.39, 0.29) is 5.69 Å². The van der Waals surface area contributed by atoms with Crippen LogP contribution in [-0.2, 0) is 22.7 Å². The second kappa shape index (κ2) is 11.2. The summed E-state index contributed by atoms with van der Waals surface area (Å²) < 4.78 is 10.4. The molecule has 2 N–H and O–H groups in total. The maximum Gasteiger partial charge on any atom is 0.269 e. The molecule has 2 aromatic carbocycles. The normalized spacial score (nSPS) is 9.92. The number of hydrogen-bond donors (Lipinski definition) is 1. The van der Waals surface area contributed by atoms with E-state index in [0.717, 1.165) is 23.4 Å². The lowest BCUT2D eigenvalue weighted by Gasteiger charge is -2.01. The second-order valence-electron chi connectivity index (χ2n) is 4.95. The van der Waals surface area contributed by atoms with Crippen LogP contribution in [0.2, 0.25) is 0 Å². The summed E-state index contributed by atoms with van der Waals surface area (Å²) in [5.41, 5.74) is 8.44. The standard InChI is InChI=1S/C9H11NO3.C9H13NO/c1-2-13-7-8-4-3-5-9(6-8)10(11)12;1-2-11-7-8-4-3-5-9(10)6-8/h3-6H,2,7H2,1H3;3-6H,2,7,10H2,1H3. The number of nitrogen functional groups attached to an aromatic ring is 1. The van der Waals surface area contributed by atoms with Crippen LogP contribution in [0.4, 0.5) is 11.4 Å². The summed E-state index contributed by atoms with van der Waals surface area (Å²) in [6.45, 7) is 6.31. The highest BCUT2D eigenvalue weighted by molar-refractivity contribution is 5.40. The molecule has 24 heavy (non-hydrogen) atoms. The Bertz CT molecular complexity index is 632. The Balaban J connectivity index is 0.000000243. The minimum atomic E-state index is -0.407. The fraction of sp³-hybridized carbons (Fsp3) is 0.333. The topological polar surface area (TPSA) is 87.6 Å². The lowest BCUT2D eigenvalue weighted by Crippen LogP contribution is -1.93. The molecule has 6 nitrogen and oxygen atoms in total. The van der Waals surface area contributed by atoms with Gasteiger partial charge >= 0.3 is 0 Å². The van der Waals surface area contributed by atoms with Crippen molar-refractivity contribution >= 4 is 11.4 Å². The van der Waals surface area contributed by atoms with Gasteiger partial charge in [0, 0.05) is 31.0 Å². The van der Waals surface area contributed by atoms with Crippen LogP contribution >= 0.6 is 0 Å². The minimum absolute atomic E-state index is 0.109. The fourth-order valence-corrected chi connectivity index (χ4v) is 1.88. The maximum atomic E-state index is 10.4. The summed E-state index contributed by atoms with van der Waals surface area (Å²) in [6.07, 6.45) is 0. The SMILES string of the molecule is CCOCc1cccc(N)c1.CCOCc1cccc([N+](=O)[O-])c1. The molecule has 0 unspecified atom stereocenters. The molecule has 2 rings (SSSR count). The number of rotatable bonds is 7.